The number of nitrogens with zero attached hydrogens (tertiary/aromatic N) is 3. The van der Waals surface area contributed by atoms with Gasteiger partial charge in [0.1, 0.15) is 0 Å². The molecule has 158 valence electrons. The number of carbonyl (C=O) groups is 1. The summed E-state index contributed by atoms with van der Waals surface area (Å²) in [6, 6.07) is 6.69. The average Bonchev–Trinajstić information content (AvgIpc) is 2.69. The van der Waals surface area contributed by atoms with Gasteiger partial charge in [-0.2, -0.15) is 0 Å². The van der Waals surface area contributed by atoms with E-state index in [2.05, 4.69) is 4.90 Å². The fraction of sp³-hybridized carbons (Fsp3) is 0.632. The van der Waals surface area contributed by atoms with Gasteiger partial charge < -0.3 is 15.5 Å². The highest BCUT2D eigenvalue weighted by Crippen LogP contribution is 2.39. The lowest BCUT2D eigenvalue weighted by molar-refractivity contribution is -0.384. The second kappa shape index (κ2) is 10.8. The van der Waals surface area contributed by atoms with Crippen molar-refractivity contribution in [3.05, 3.63) is 34.4 Å². The molecule has 0 radical (unpaired) electrons. The Balaban J connectivity index is 0.00000196. The van der Waals surface area contributed by atoms with E-state index in [1.165, 1.54) is 25.3 Å². The number of benzene rings is 1. The van der Waals surface area contributed by atoms with Crippen LogP contribution in [0.15, 0.2) is 24.3 Å². The van der Waals surface area contributed by atoms with E-state index in [4.69, 9.17) is 5.73 Å². The van der Waals surface area contributed by atoms with Crippen LogP contribution >= 0.6 is 24.8 Å². The van der Waals surface area contributed by atoms with Crippen molar-refractivity contribution >= 4 is 42.1 Å². The number of piperazine rings is 1. The molecule has 1 aliphatic heterocycles. The van der Waals surface area contributed by atoms with Crippen molar-refractivity contribution in [2.75, 3.05) is 37.6 Å². The molecule has 3 rings (SSSR count). The van der Waals surface area contributed by atoms with E-state index >= 15 is 0 Å². The highest BCUT2D eigenvalue weighted by molar-refractivity contribution is 5.85. The van der Waals surface area contributed by atoms with Crippen LogP contribution in [0.25, 0.3) is 0 Å². The lowest BCUT2D eigenvalue weighted by Gasteiger charge is -2.40. The minimum atomic E-state index is -0.375. The van der Waals surface area contributed by atoms with Gasteiger partial charge >= 0.3 is 0 Å². The summed E-state index contributed by atoms with van der Waals surface area (Å²) < 4.78 is 0. The maximum absolute atomic E-state index is 12.8. The van der Waals surface area contributed by atoms with Gasteiger partial charge in [0.05, 0.1) is 4.92 Å². The summed E-state index contributed by atoms with van der Waals surface area (Å²) in [7, 11) is 0. The van der Waals surface area contributed by atoms with E-state index < -0.39 is 0 Å². The molecule has 1 heterocycles. The molecule has 0 bridgehead atoms. The number of rotatable bonds is 5. The zero-order valence-corrected chi connectivity index (χ0v) is 17.7. The topological polar surface area (TPSA) is 92.7 Å². The molecule has 1 aromatic carbocycles. The van der Waals surface area contributed by atoms with E-state index in [0.717, 1.165) is 18.5 Å². The van der Waals surface area contributed by atoms with E-state index in [-0.39, 0.29) is 46.7 Å². The van der Waals surface area contributed by atoms with Crippen molar-refractivity contribution in [1.82, 2.24) is 4.90 Å². The first-order chi connectivity index (χ1) is 12.5. The van der Waals surface area contributed by atoms with Gasteiger partial charge in [0.25, 0.3) is 5.69 Å². The molecule has 0 spiro atoms. The number of nitro groups is 1. The maximum atomic E-state index is 12.8. The van der Waals surface area contributed by atoms with Crippen LogP contribution in [0.1, 0.15) is 38.5 Å². The van der Waals surface area contributed by atoms with Crippen LogP contribution < -0.4 is 10.6 Å². The molecule has 2 N–H and O–H groups in total. The molecular formula is C19H30Cl2N4O3. The summed E-state index contributed by atoms with van der Waals surface area (Å²) in [6.45, 7) is 3.29. The molecule has 7 nitrogen and oxygen atoms in total. The predicted molar refractivity (Wildman–Crippen MR) is 116 cm³/mol. The van der Waals surface area contributed by atoms with Crippen LogP contribution in [0.4, 0.5) is 11.4 Å². The molecule has 1 aromatic rings. The first-order valence-electron chi connectivity index (χ1n) is 9.50. The average molecular weight is 433 g/mol. The zero-order chi connectivity index (χ0) is 18.6. The molecular weight excluding hydrogens is 403 g/mol. The molecule has 0 atom stereocenters. The predicted octanol–water partition coefficient (Wildman–Crippen LogP) is 3.39. The third-order valence-corrected chi connectivity index (χ3v) is 5.91. The summed E-state index contributed by atoms with van der Waals surface area (Å²) in [5.41, 5.74) is 6.96. The molecule has 1 saturated heterocycles. The lowest BCUT2D eigenvalue weighted by Crippen LogP contribution is -2.50. The Bertz CT molecular complexity index is 660. The fourth-order valence-electron chi connectivity index (χ4n) is 4.20. The van der Waals surface area contributed by atoms with E-state index in [9.17, 15) is 14.9 Å². The number of nitrogens with two attached hydrogens (primary N) is 1. The molecule has 0 aromatic heterocycles. The van der Waals surface area contributed by atoms with Gasteiger partial charge in [0, 0.05) is 50.4 Å². The fourth-order valence-corrected chi connectivity index (χ4v) is 4.20. The van der Waals surface area contributed by atoms with Gasteiger partial charge in [-0.25, -0.2) is 0 Å². The van der Waals surface area contributed by atoms with Gasteiger partial charge in [-0.1, -0.05) is 25.3 Å². The number of hydrogen-bond acceptors (Lipinski definition) is 5. The Hall–Kier alpha value is -1.57. The van der Waals surface area contributed by atoms with Crippen LogP contribution in [0, 0.1) is 15.5 Å². The number of anilines is 1. The van der Waals surface area contributed by atoms with E-state index in [0.29, 0.717) is 39.1 Å². The lowest BCUT2D eigenvalue weighted by atomic mass is 9.71. The second-order valence-corrected chi connectivity index (χ2v) is 7.59. The number of amides is 1. The zero-order valence-electron chi connectivity index (χ0n) is 16.0. The normalized spacial score (nSPS) is 18.6. The van der Waals surface area contributed by atoms with Crippen LogP contribution in [0.3, 0.4) is 0 Å². The number of halogens is 2. The third kappa shape index (κ3) is 5.72. The van der Waals surface area contributed by atoms with Gasteiger partial charge in [-0.3, -0.25) is 14.9 Å². The molecule has 2 fully saturated rings. The number of nitro benzene ring substituents is 1. The van der Waals surface area contributed by atoms with Crippen molar-refractivity contribution in [2.45, 2.75) is 38.5 Å². The minimum absolute atomic E-state index is 0. The minimum Gasteiger partial charge on any atom is -0.368 e. The summed E-state index contributed by atoms with van der Waals surface area (Å²) in [4.78, 5) is 27.4. The van der Waals surface area contributed by atoms with E-state index in [1.54, 1.807) is 12.1 Å². The molecule has 9 heteroatoms. The highest BCUT2D eigenvalue weighted by Gasteiger charge is 2.35. The Morgan fingerprint density at radius 3 is 2.32 bits per heavy atom. The Labute approximate surface area is 178 Å². The number of carbonyl (C=O) groups excluding carboxylic acids is 1. The monoisotopic (exact) mass is 432 g/mol. The Morgan fingerprint density at radius 2 is 1.75 bits per heavy atom. The van der Waals surface area contributed by atoms with Gasteiger partial charge in [0.2, 0.25) is 5.91 Å². The second-order valence-electron chi connectivity index (χ2n) is 7.59. The Morgan fingerprint density at radius 1 is 1.11 bits per heavy atom. The number of non-ortho nitro benzene ring substituents is 1. The van der Waals surface area contributed by atoms with Crippen molar-refractivity contribution in [2.24, 2.45) is 11.1 Å². The SMILES string of the molecule is Cl.Cl.NCC1(CC(=O)N2CCN(c3cccc([N+](=O)[O-])c3)CC2)CCCCC1. The molecule has 28 heavy (non-hydrogen) atoms. The van der Waals surface area contributed by atoms with Gasteiger partial charge in [0.15, 0.2) is 0 Å². The van der Waals surface area contributed by atoms with Crippen molar-refractivity contribution in [3.63, 3.8) is 0 Å². The Kier molecular flexibility index (Phi) is 9.47. The van der Waals surface area contributed by atoms with E-state index in [1.807, 2.05) is 11.0 Å². The van der Waals surface area contributed by atoms with Gasteiger partial charge in [-0.05, 0) is 30.9 Å². The summed E-state index contributed by atoms with van der Waals surface area (Å²) in [6.07, 6.45) is 6.26. The standard InChI is InChI=1S/C19H28N4O3.2ClH/c20-15-19(7-2-1-3-8-19)14-18(24)22-11-9-21(10-12-22)16-5-4-6-17(13-16)23(25)26;;/h4-6,13H,1-3,7-12,14-15,20H2;2*1H. The van der Waals surface area contributed by atoms with Crippen molar-refractivity contribution in [3.8, 4) is 0 Å². The molecule has 0 unspecified atom stereocenters. The largest absolute Gasteiger partial charge is 0.368 e. The van der Waals surface area contributed by atoms with Gasteiger partial charge in [-0.15, -0.1) is 24.8 Å². The summed E-state index contributed by atoms with van der Waals surface area (Å²) in [5, 5.41) is 10.9. The first-order valence-corrected chi connectivity index (χ1v) is 9.50. The summed E-state index contributed by atoms with van der Waals surface area (Å²) in [5.74, 6) is 0.205. The molecule has 1 saturated carbocycles. The summed E-state index contributed by atoms with van der Waals surface area (Å²) >= 11 is 0. The smallest absolute Gasteiger partial charge is 0.271 e. The highest BCUT2D eigenvalue weighted by atomic mass is 35.5. The maximum Gasteiger partial charge on any atom is 0.271 e. The van der Waals surface area contributed by atoms with Crippen LogP contribution in [-0.2, 0) is 4.79 Å². The van der Waals surface area contributed by atoms with Crippen molar-refractivity contribution in [1.29, 1.82) is 0 Å². The van der Waals surface area contributed by atoms with Crippen molar-refractivity contribution < 1.29 is 9.72 Å². The molecule has 1 aliphatic carbocycles. The van der Waals surface area contributed by atoms with Crippen LogP contribution in [-0.4, -0.2) is 48.5 Å². The molecule has 2 aliphatic rings. The quantitative estimate of drug-likeness (QED) is 0.568. The third-order valence-electron chi connectivity index (χ3n) is 5.91. The molecule has 1 amide bonds. The van der Waals surface area contributed by atoms with Crippen LogP contribution in [0.2, 0.25) is 0 Å². The van der Waals surface area contributed by atoms with Crippen LogP contribution in [0.5, 0.6) is 0 Å². The first kappa shape index (κ1) is 24.5. The number of hydrogen-bond donors (Lipinski definition) is 1.